The molecule has 0 aliphatic rings. The molecule has 140 valence electrons. The smallest absolute Gasteiger partial charge is 0.416 e. The number of alkyl halides is 3. The van der Waals surface area contributed by atoms with E-state index in [1.54, 1.807) is 6.07 Å². The summed E-state index contributed by atoms with van der Waals surface area (Å²) < 4.78 is 44.5. The molecule has 2 amide bonds. The topological polar surface area (TPSA) is 61.8 Å². The van der Waals surface area contributed by atoms with Crippen molar-refractivity contribution in [1.82, 2.24) is 5.32 Å². The lowest BCUT2D eigenvalue weighted by molar-refractivity contribution is -0.137. The summed E-state index contributed by atoms with van der Waals surface area (Å²) in [4.78, 5) is 11.6. The molecule has 0 unspecified atom stereocenters. The van der Waals surface area contributed by atoms with E-state index in [9.17, 15) is 23.2 Å². The van der Waals surface area contributed by atoms with E-state index >= 15 is 0 Å². The maximum atomic E-state index is 13.0. The number of rotatable bonds is 4. The molecule has 0 saturated carbocycles. The third-order valence-corrected chi connectivity index (χ3v) is 3.76. The summed E-state index contributed by atoms with van der Waals surface area (Å²) >= 11 is 0. The van der Waals surface area contributed by atoms with Crippen LogP contribution in [0, 0.1) is 13.8 Å². The van der Waals surface area contributed by atoms with Gasteiger partial charge in [-0.25, -0.2) is 4.79 Å². The van der Waals surface area contributed by atoms with Gasteiger partial charge in [-0.2, -0.15) is 18.2 Å². The van der Waals surface area contributed by atoms with Crippen molar-refractivity contribution in [2.45, 2.75) is 26.6 Å². The van der Waals surface area contributed by atoms with E-state index in [4.69, 9.17) is 4.74 Å². The molecule has 0 aromatic heterocycles. The van der Waals surface area contributed by atoms with Crippen molar-refractivity contribution in [3.05, 3.63) is 58.7 Å². The van der Waals surface area contributed by atoms with Crippen molar-refractivity contribution in [2.75, 3.05) is 12.1 Å². The van der Waals surface area contributed by atoms with Crippen LogP contribution in [-0.4, -0.2) is 18.3 Å². The molecule has 5 nitrogen and oxygen atoms in total. The van der Waals surface area contributed by atoms with Crippen LogP contribution >= 0.6 is 0 Å². The lowest BCUT2D eigenvalue weighted by Gasteiger charge is -2.20. The van der Waals surface area contributed by atoms with Gasteiger partial charge >= 0.3 is 12.2 Å². The fraction of sp³-hybridized carbons (Fsp3) is 0.278. The van der Waals surface area contributed by atoms with Crippen LogP contribution in [0.3, 0.4) is 0 Å². The first-order valence-corrected chi connectivity index (χ1v) is 7.74. The average Bonchev–Trinajstić information content (AvgIpc) is 2.58. The molecule has 0 spiro atoms. The predicted molar refractivity (Wildman–Crippen MR) is 90.4 cm³/mol. The largest absolute Gasteiger partial charge is 0.489 e. The highest BCUT2D eigenvalue weighted by Crippen LogP contribution is 2.34. The number of ether oxygens (including phenoxy) is 1. The fourth-order valence-corrected chi connectivity index (χ4v) is 2.39. The van der Waals surface area contributed by atoms with Crippen LogP contribution in [0.25, 0.3) is 0 Å². The molecule has 0 bridgehead atoms. The van der Waals surface area contributed by atoms with Crippen molar-refractivity contribution in [1.29, 1.82) is 0 Å². The third-order valence-electron chi connectivity index (χ3n) is 3.76. The zero-order valence-electron chi connectivity index (χ0n) is 14.5. The van der Waals surface area contributed by atoms with E-state index in [-0.39, 0.29) is 22.9 Å². The lowest BCUT2D eigenvalue weighted by Crippen LogP contribution is -2.36. The van der Waals surface area contributed by atoms with E-state index < -0.39 is 17.8 Å². The van der Waals surface area contributed by atoms with Crippen LogP contribution in [0.2, 0.25) is 0 Å². The number of urea groups is 1. The number of benzene rings is 2. The van der Waals surface area contributed by atoms with Crippen molar-refractivity contribution in [3.8, 4) is 5.75 Å². The molecule has 2 N–H and O–H groups in total. The van der Waals surface area contributed by atoms with Crippen molar-refractivity contribution < 1.29 is 27.9 Å². The minimum Gasteiger partial charge on any atom is -0.489 e. The highest BCUT2D eigenvalue weighted by molar-refractivity contribution is 5.90. The van der Waals surface area contributed by atoms with E-state index in [2.05, 4.69) is 5.32 Å². The Morgan fingerprint density at radius 2 is 1.88 bits per heavy atom. The molecule has 0 saturated heterocycles. The maximum Gasteiger partial charge on any atom is 0.416 e. The quantitative estimate of drug-likeness (QED) is 0.620. The predicted octanol–water partition coefficient (Wildman–Crippen LogP) is 4.44. The fourth-order valence-electron chi connectivity index (χ4n) is 2.39. The van der Waals surface area contributed by atoms with Crippen LogP contribution in [-0.2, 0) is 12.8 Å². The first-order valence-electron chi connectivity index (χ1n) is 7.74. The Labute approximate surface area is 149 Å². The number of hydrogen-bond acceptors (Lipinski definition) is 3. The Balaban J connectivity index is 2.35. The number of amides is 2. The summed E-state index contributed by atoms with van der Waals surface area (Å²) in [5.41, 5.74) is 0.857. The number of carbonyl (C=O) groups is 1. The molecular weight excluding hydrogens is 349 g/mol. The molecule has 26 heavy (non-hydrogen) atoms. The molecule has 2 rings (SSSR count). The van der Waals surface area contributed by atoms with Gasteiger partial charge in [-0.3, -0.25) is 5.21 Å². The van der Waals surface area contributed by atoms with E-state index in [1.165, 1.54) is 13.1 Å². The zero-order chi connectivity index (χ0) is 19.5. The summed E-state index contributed by atoms with van der Waals surface area (Å²) in [6.07, 6.45) is -4.61. The van der Waals surface area contributed by atoms with Crippen LogP contribution in [0.5, 0.6) is 5.75 Å². The molecule has 0 heterocycles. The first-order chi connectivity index (χ1) is 12.1. The van der Waals surface area contributed by atoms with Gasteiger partial charge in [0.15, 0.2) is 0 Å². The second-order valence-corrected chi connectivity index (χ2v) is 5.77. The second-order valence-electron chi connectivity index (χ2n) is 5.77. The molecule has 0 atom stereocenters. The standard InChI is InChI=1S/C18H19F3N2O3/c1-11-4-7-16(12(2)8-11)26-10-13-5-6-14(18(19,20)21)9-15(13)23(25)17(24)22-3/h4-9,25H,10H2,1-3H3,(H,22,24). The van der Waals surface area contributed by atoms with Gasteiger partial charge in [-0.05, 0) is 37.6 Å². The number of anilines is 1. The maximum absolute atomic E-state index is 13.0. The van der Waals surface area contributed by atoms with Gasteiger partial charge in [0.25, 0.3) is 0 Å². The Morgan fingerprint density at radius 1 is 1.19 bits per heavy atom. The number of halogens is 3. The average molecular weight is 368 g/mol. The number of carbonyl (C=O) groups excluding carboxylic acids is 1. The normalized spacial score (nSPS) is 11.2. The minimum atomic E-state index is -4.61. The lowest BCUT2D eigenvalue weighted by atomic mass is 10.1. The minimum absolute atomic E-state index is 0.120. The van der Waals surface area contributed by atoms with Gasteiger partial charge in [0.05, 0.1) is 11.3 Å². The highest BCUT2D eigenvalue weighted by Gasteiger charge is 2.32. The summed E-state index contributed by atoms with van der Waals surface area (Å²) in [5, 5.41) is 12.2. The molecule has 0 aliphatic heterocycles. The summed E-state index contributed by atoms with van der Waals surface area (Å²) in [5.74, 6) is 0.561. The van der Waals surface area contributed by atoms with Crippen LogP contribution in [0.4, 0.5) is 23.7 Å². The van der Waals surface area contributed by atoms with Gasteiger partial charge in [-0.1, -0.05) is 23.8 Å². The number of hydrogen-bond donors (Lipinski definition) is 2. The monoisotopic (exact) mass is 368 g/mol. The van der Waals surface area contributed by atoms with E-state index in [1.807, 2.05) is 26.0 Å². The zero-order valence-corrected chi connectivity index (χ0v) is 14.5. The Hall–Kier alpha value is -2.74. The molecule has 0 fully saturated rings. The number of aryl methyl sites for hydroxylation is 2. The third kappa shape index (κ3) is 4.45. The van der Waals surface area contributed by atoms with Crippen molar-refractivity contribution >= 4 is 11.7 Å². The SMILES string of the molecule is CNC(=O)N(O)c1cc(C(F)(F)F)ccc1COc1ccc(C)cc1C. The van der Waals surface area contributed by atoms with E-state index in [0.717, 1.165) is 17.2 Å². The molecule has 2 aromatic carbocycles. The highest BCUT2D eigenvalue weighted by atomic mass is 19.4. The van der Waals surface area contributed by atoms with Crippen LogP contribution < -0.4 is 15.1 Å². The van der Waals surface area contributed by atoms with Gasteiger partial charge in [-0.15, -0.1) is 0 Å². The summed E-state index contributed by atoms with van der Waals surface area (Å²) in [6.45, 7) is 3.65. The van der Waals surface area contributed by atoms with Gasteiger partial charge < -0.3 is 10.1 Å². The molecule has 0 aliphatic carbocycles. The molecule has 2 aromatic rings. The van der Waals surface area contributed by atoms with Crippen LogP contribution in [0.15, 0.2) is 36.4 Å². The molecule has 8 heteroatoms. The molecule has 0 radical (unpaired) electrons. The van der Waals surface area contributed by atoms with Crippen molar-refractivity contribution in [3.63, 3.8) is 0 Å². The number of nitrogens with zero attached hydrogens (tertiary/aromatic N) is 1. The number of nitrogens with one attached hydrogen (secondary N) is 1. The Bertz CT molecular complexity index is 807. The summed E-state index contributed by atoms with van der Waals surface area (Å²) in [6, 6.07) is 7.30. The Kier molecular flexibility index (Phi) is 5.76. The van der Waals surface area contributed by atoms with Crippen molar-refractivity contribution in [2.24, 2.45) is 0 Å². The summed E-state index contributed by atoms with van der Waals surface area (Å²) in [7, 11) is 1.25. The van der Waals surface area contributed by atoms with Gasteiger partial charge in [0.2, 0.25) is 0 Å². The van der Waals surface area contributed by atoms with E-state index in [0.29, 0.717) is 11.8 Å². The second kappa shape index (κ2) is 7.65. The van der Waals surface area contributed by atoms with Gasteiger partial charge in [0, 0.05) is 12.6 Å². The molecular formula is C18H19F3N2O3. The van der Waals surface area contributed by atoms with Gasteiger partial charge in [0.1, 0.15) is 12.4 Å². The number of hydroxylamine groups is 1. The van der Waals surface area contributed by atoms with Crippen LogP contribution in [0.1, 0.15) is 22.3 Å². The Morgan fingerprint density at radius 3 is 2.46 bits per heavy atom. The first kappa shape index (κ1) is 19.6.